The Morgan fingerprint density at radius 1 is 1.40 bits per heavy atom. The fourth-order valence-corrected chi connectivity index (χ4v) is 3.25. The maximum atomic E-state index is 4.57. The maximum Gasteiger partial charge on any atom is 0.121 e. The highest BCUT2D eigenvalue weighted by Crippen LogP contribution is 2.44. The van der Waals surface area contributed by atoms with Crippen LogP contribution in [0.4, 0.5) is 0 Å². The van der Waals surface area contributed by atoms with E-state index in [-0.39, 0.29) is 3.78 Å². The molecule has 3 saturated heterocycles. The largest absolute Gasteiger partial charge is 0.280 e. The molecular formula is C7H12BrNS. The van der Waals surface area contributed by atoms with E-state index in [1.165, 1.54) is 32.4 Å². The number of piperidine rings is 3. The van der Waals surface area contributed by atoms with Crippen LogP contribution in [0.25, 0.3) is 0 Å². The third kappa shape index (κ3) is 1.12. The van der Waals surface area contributed by atoms with Gasteiger partial charge in [-0.25, -0.2) is 0 Å². The molecule has 1 unspecified atom stereocenters. The number of nitrogens with zero attached hydrogens (tertiary/aromatic N) is 1. The summed E-state index contributed by atoms with van der Waals surface area (Å²) in [6.07, 6.45) is 3.98. The van der Waals surface area contributed by atoms with E-state index in [0.717, 1.165) is 5.92 Å². The Bertz CT molecular complexity index is 141. The summed E-state index contributed by atoms with van der Waals surface area (Å²) in [4.78, 5) is 2.43. The van der Waals surface area contributed by atoms with Crippen LogP contribution in [0.15, 0.2) is 0 Å². The fourth-order valence-electron chi connectivity index (χ4n) is 1.98. The second kappa shape index (κ2) is 2.39. The van der Waals surface area contributed by atoms with Crippen molar-refractivity contribution in [3.63, 3.8) is 0 Å². The Kier molecular flexibility index (Phi) is 1.78. The van der Waals surface area contributed by atoms with Gasteiger partial charge in [0.05, 0.1) is 0 Å². The van der Waals surface area contributed by atoms with E-state index in [1.54, 1.807) is 0 Å². The third-order valence-corrected chi connectivity index (χ3v) is 3.94. The maximum absolute atomic E-state index is 4.57. The van der Waals surface area contributed by atoms with Gasteiger partial charge in [0, 0.05) is 13.1 Å². The first-order valence-electron chi connectivity index (χ1n) is 3.85. The molecule has 0 spiro atoms. The van der Waals surface area contributed by atoms with Gasteiger partial charge in [-0.1, -0.05) is 15.9 Å². The highest BCUT2D eigenvalue weighted by Gasteiger charge is 2.41. The number of alkyl halides is 1. The van der Waals surface area contributed by atoms with Gasteiger partial charge in [-0.3, -0.25) is 4.90 Å². The second-order valence-corrected chi connectivity index (χ2v) is 6.02. The summed E-state index contributed by atoms with van der Waals surface area (Å²) in [5.74, 6) is 0.932. The lowest BCUT2D eigenvalue weighted by Crippen LogP contribution is -2.51. The molecule has 0 amide bonds. The summed E-state index contributed by atoms with van der Waals surface area (Å²) in [5.41, 5.74) is 0. The molecular weight excluding hydrogens is 210 g/mol. The van der Waals surface area contributed by atoms with Crippen LogP contribution in [0.2, 0.25) is 0 Å². The molecule has 1 nitrogen and oxygen atoms in total. The quantitative estimate of drug-likeness (QED) is 0.373. The molecule has 10 heavy (non-hydrogen) atoms. The normalized spacial score (nSPS) is 53.4. The summed E-state index contributed by atoms with van der Waals surface area (Å²) in [5, 5.41) is 0. The van der Waals surface area contributed by atoms with E-state index < -0.39 is 0 Å². The van der Waals surface area contributed by atoms with Gasteiger partial charge in [0.25, 0.3) is 0 Å². The van der Waals surface area contributed by atoms with Crippen molar-refractivity contribution in [3.05, 3.63) is 0 Å². The summed E-state index contributed by atoms with van der Waals surface area (Å²) < 4.78 is 0.0359. The van der Waals surface area contributed by atoms with Gasteiger partial charge < -0.3 is 0 Å². The van der Waals surface area contributed by atoms with Gasteiger partial charge in [0.15, 0.2) is 0 Å². The monoisotopic (exact) mass is 221 g/mol. The zero-order valence-electron chi connectivity index (χ0n) is 5.89. The smallest absolute Gasteiger partial charge is 0.121 e. The summed E-state index contributed by atoms with van der Waals surface area (Å²) in [7, 11) is 0. The highest BCUT2D eigenvalue weighted by atomic mass is 79.9. The van der Waals surface area contributed by atoms with Crippen molar-refractivity contribution in [3.8, 4) is 0 Å². The molecule has 3 rings (SSSR count). The van der Waals surface area contributed by atoms with Crippen LogP contribution in [0.5, 0.6) is 0 Å². The van der Waals surface area contributed by atoms with Gasteiger partial charge in [-0.2, -0.15) is 0 Å². The first kappa shape index (κ1) is 7.44. The zero-order chi connectivity index (χ0) is 7.19. The molecule has 3 aliphatic rings. The molecule has 3 heteroatoms. The van der Waals surface area contributed by atoms with Gasteiger partial charge in [-0.15, -0.1) is 12.6 Å². The van der Waals surface area contributed by atoms with E-state index in [9.17, 15) is 0 Å². The Hall–Kier alpha value is 0.790. The minimum Gasteiger partial charge on any atom is -0.280 e. The Morgan fingerprint density at radius 2 is 2.00 bits per heavy atom. The summed E-state index contributed by atoms with van der Waals surface area (Å²) in [6.45, 7) is 2.47. The van der Waals surface area contributed by atoms with E-state index in [0.29, 0.717) is 0 Å². The molecule has 0 N–H and O–H groups in total. The van der Waals surface area contributed by atoms with Crippen molar-refractivity contribution in [2.24, 2.45) is 5.92 Å². The summed E-state index contributed by atoms with van der Waals surface area (Å²) >= 11 is 8.21. The van der Waals surface area contributed by atoms with Crippen LogP contribution in [-0.2, 0) is 0 Å². The molecule has 0 radical (unpaired) electrons. The van der Waals surface area contributed by atoms with E-state index in [4.69, 9.17) is 0 Å². The predicted molar refractivity (Wildman–Crippen MR) is 49.6 cm³/mol. The van der Waals surface area contributed by atoms with Gasteiger partial charge in [0.2, 0.25) is 0 Å². The SMILES string of the molecule is SC1(Br)CC2CCN1CC2. The number of hydrogen-bond acceptors (Lipinski definition) is 2. The highest BCUT2D eigenvalue weighted by molar-refractivity contribution is 9.11. The Balaban J connectivity index is 2.15. The predicted octanol–water partition coefficient (Wildman–Crippen LogP) is 2.08. The van der Waals surface area contributed by atoms with Crippen molar-refractivity contribution < 1.29 is 0 Å². The number of halogens is 1. The van der Waals surface area contributed by atoms with Crippen molar-refractivity contribution >= 4 is 28.6 Å². The standard InChI is InChI=1S/C7H12BrNS/c8-7(10)5-6-1-3-9(7)4-2-6/h6,10H,1-5H2. The zero-order valence-corrected chi connectivity index (χ0v) is 8.37. The molecule has 58 valence electrons. The van der Waals surface area contributed by atoms with Crippen molar-refractivity contribution in [1.29, 1.82) is 0 Å². The molecule has 0 aromatic carbocycles. The molecule has 0 saturated carbocycles. The minimum absolute atomic E-state index is 0.0359. The lowest BCUT2D eigenvalue weighted by molar-refractivity contribution is 0.0811. The topological polar surface area (TPSA) is 3.24 Å². The molecule has 1 atom stereocenters. The van der Waals surface area contributed by atoms with Crippen LogP contribution in [-0.4, -0.2) is 21.8 Å². The average Bonchev–Trinajstić information content (AvgIpc) is 1.87. The van der Waals surface area contributed by atoms with Crippen LogP contribution in [0, 0.1) is 5.92 Å². The molecule has 3 heterocycles. The summed E-state index contributed by atoms with van der Waals surface area (Å²) in [6, 6.07) is 0. The molecule has 3 fully saturated rings. The number of rotatable bonds is 0. The fraction of sp³-hybridized carbons (Fsp3) is 1.00. The van der Waals surface area contributed by atoms with Crippen LogP contribution in [0.1, 0.15) is 19.3 Å². The number of hydrogen-bond donors (Lipinski definition) is 1. The lowest BCUT2D eigenvalue weighted by Gasteiger charge is -2.48. The average molecular weight is 222 g/mol. The van der Waals surface area contributed by atoms with Crippen molar-refractivity contribution in [2.45, 2.75) is 23.0 Å². The van der Waals surface area contributed by atoms with Crippen molar-refractivity contribution in [2.75, 3.05) is 13.1 Å². The van der Waals surface area contributed by atoms with E-state index >= 15 is 0 Å². The van der Waals surface area contributed by atoms with Crippen LogP contribution >= 0.6 is 28.6 Å². The van der Waals surface area contributed by atoms with Crippen LogP contribution < -0.4 is 0 Å². The minimum atomic E-state index is 0.0359. The molecule has 0 aromatic rings. The van der Waals surface area contributed by atoms with E-state index in [1.807, 2.05) is 0 Å². The first-order chi connectivity index (χ1) is 4.68. The van der Waals surface area contributed by atoms with E-state index in [2.05, 4.69) is 33.5 Å². The molecule has 0 aromatic heterocycles. The number of fused-ring (bicyclic) bond motifs is 3. The Morgan fingerprint density at radius 3 is 2.20 bits per heavy atom. The molecule has 2 bridgehead atoms. The molecule has 3 aliphatic heterocycles. The van der Waals surface area contributed by atoms with Crippen LogP contribution in [0.3, 0.4) is 0 Å². The van der Waals surface area contributed by atoms with Gasteiger partial charge in [0.1, 0.15) is 3.78 Å². The third-order valence-electron chi connectivity index (χ3n) is 2.65. The molecule has 0 aliphatic carbocycles. The number of thiol groups is 1. The lowest BCUT2D eigenvalue weighted by atomic mass is 9.88. The first-order valence-corrected chi connectivity index (χ1v) is 5.09. The van der Waals surface area contributed by atoms with Gasteiger partial charge >= 0.3 is 0 Å². The Labute approximate surface area is 75.7 Å². The second-order valence-electron chi connectivity index (χ2n) is 3.35. The van der Waals surface area contributed by atoms with Crippen molar-refractivity contribution in [1.82, 2.24) is 4.90 Å². The van der Waals surface area contributed by atoms with Gasteiger partial charge in [-0.05, 0) is 25.2 Å².